The molecular weight excluding hydrogens is 197 g/mol. The van der Waals surface area contributed by atoms with Crippen LogP contribution in [0.5, 0.6) is 0 Å². The second kappa shape index (κ2) is 5.31. The van der Waals surface area contributed by atoms with Gasteiger partial charge in [0.1, 0.15) is 5.82 Å². The minimum Gasteiger partial charge on any atom is -0.374 e. The van der Waals surface area contributed by atoms with E-state index < -0.39 is 0 Å². The Kier molecular flexibility index (Phi) is 4.05. The lowest BCUT2D eigenvalue weighted by Gasteiger charge is -2.18. The van der Waals surface area contributed by atoms with Gasteiger partial charge in [-0.1, -0.05) is 0 Å². The van der Waals surface area contributed by atoms with E-state index in [1.807, 2.05) is 11.9 Å². The van der Waals surface area contributed by atoms with E-state index in [2.05, 4.69) is 5.43 Å². The Hall–Kier alpha value is -1.62. The van der Waals surface area contributed by atoms with Crippen LogP contribution in [-0.4, -0.2) is 19.5 Å². The van der Waals surface area contributed by atoms with Gasteiger partial charge in [0.15, 0.2) is 0 Å². The van der Waals surface area contributed by atoms with Gasteiger partial charge in [-0.15, -0.1) is 0 Å². The van der Waals surface area contributed by atoms with E-state index in [-0.39, 0.29) is 11.7 Å². The summed E-state index contributed by atoms with van der Waals surface area (Å²) >= 11 is 0. The fraction of sp³-hybridized carbons (Fsp3) is 0.300. The second-order valence-corrected chi connectivity index (χ2v) is 3.22. The van der Waals surface area contributed by atoms with Crippen molar-refractivity contribution in [3.63, 3.8) is 0 Å². The van der Waals surface area contributed by atoms with Crippen LogP contribution < -0.4 is 16.2 Å². The predicted molar refractivity (Wildman–Crippen MR) is 56.6 cm³/mol. The Morgan fingerprint density at radius 3 is 2.60 bits per heavy atom. The number of hydrogen-bond donors (Lipinski definition) is 2. The number of nitrogens with two attached hydrogens (primary N) is 1. The number of amides is 1. The van der Waals surface area contributed by atoms with Crippen LogP contribution in [0.25, 0.3) is 0 Å². The third-order valence-electron chi connectivity index (χ3n) is 2.10. The number of anilines is 1. The van der Waals surface area contributed by atoms with Gasteiger partial charge in [-0.3, -0.25) is 10.2 Å². The summed E-state index contributed by atoms with van der Waals surface area (Å²) < 4.78 is 12.6. The number of nitrogens with one attached hydrogen (secondary N) is 1. The first-order valence-electron chi connectivity index (χ1n) is 4.59. The molecule has 1 amide bonds. The number of nitrogens with zero attached hydrogens (tertiary/aromatic N) is 1. The Balaban J connectivity index is 2.50. The quantitative estimate of drug-likeness (QED) is 0.436. The zero-order valence-corrected chi connectivity index (χ0v) is 8.53. The van der Waals surface area contributed by atoms with Gasteiger partial charge in [-0.2, -0.15) is 0 Å². The number of hydrogen-bond acceptors (Lipinski definition) is 3. The number of benzene rings is 1. The lowest BCUT2D eigenvalue weighted by molar-refractivity contribution is -0.120. The molecular formula is C10H14FN3O. The predicted octanol–water partition coefficient (Wildman–Crippen LogP) is 0.642. The second-order valence-electron chi connectivity index (χ2n) is 3.22. The van der Waals surface area contributed by atoms with Gasteiger partial charge in [0.25, 0.3) is 0 Å². The first-order valence-corrected chi connectivity index (χ1v) is 4.59. The van der Waals surface area contributed by atoms with Crippen LogP contribution in [0.1, 0.15) is 6.42 Å². The fourth-order valence-corrected chi connectivity index (χ4v) is 1.17. The van der Waals surface area contributed by atoms with Crippen molar-refractivity contribution in [3.8, 4) is 0 Å². The number of hydrazine groups is 1. The van der Waals surface area contributed by atoms with E-state index >= 15 is 0 Å². The molecule has 0 aromatic heterocycles. The molecule has 0 radical (unpaired) electrons. The Labute approximate surface area is 87.8 Å². The lowest BCUT2D eigenvalue weighted by atomic mass is 10.2. The highest BCUT2D eigenvalue weighted by atomic mass is 19.1. The van der Waals surface area contributed by atoms with Gasteiger partial charge in [0.2, 0.25) is 5.91 Å². The maximum atomic E-state index is 12.6. The van der Waals surface area contributed by atoms with Gasteiger partial charge >= 0.3 is 0 Å². The van der Waals surface area contributed by atoms with E-state index in [1.54, 1.807) is 12.1 Å². The minimum atomic E-state index is -0.271. The van der Waals surface area contributed by atoms with E-state index in [1.165, 1.54) is 12.1 Å². The van der Waals surface area contributed by atoms with Crippen LogP contribution in [0.3, 0.4) is 0 Å². The molecule has 1 rings (SSSR count). The normalized spacial score (nSPS) is 9.80. The third kappa shape index (κ3) is 3.55. The zero-order valence-electron chi connectivity index (χ0n) is 8.53. The topological polar surface area (TPSA) is 58.4 Å². The van der Waals surface area contributed by atoms with Crippen molar-refractivity contribution in [1.29, 1.82) is 0 Å². The monoisotopic (exact) mass is 211 g/mol. The lowest BCUT2D eigenvalue weighted by Crippen LogP contribution is -2.33. The molecule has 1 aromatic carbocycles. The number of halogens is 1. The summed E-state index contributed by atoms with van der Waals surface area (Å²) in [4.78, 5) is 12.7. The zero-order chi connectivity index (χ0) is 11.3. The van der Waals surface area contributed by atoms with Crippen molar-refractivity contribution < 1.29 is 9.18 Å². The molecule has 0 aliphatic heterocycles. The van der Waals surface area contributed by atoms with Crippen molar-refractivity contribution in [2.75, 3.05) is 18.5 Å². The SMILES string of the molecule is CN(CCC(=O)NN)c1ccc(F)cc1. The molecule has 0 unspecified atom stereocenters. The van der Waals surface area contributed by atoms with Crippen molar-refractivity contribution in [1.82, 2.24) is 5.43 Å². The summed E-state index contributed by atoms with van der Waals surface area (Å²) in [6.07, 6.45) is 0.310. The molecule has 5 heteroatoms. The molecule has 0 aliphatic rings. The smallest absolute Gasteiger partial charge is 0.235 e. The third-order valence-corrected chi connectivity index (χ3v) is 2.10. The summed E-state index contributed by atoms with van der Waals surface area (Å²) in [5.74, 6) is 4.46. The molecule has 0 saturated carbocycles. The molecule has 1 aromatic rings. The molecule has 0 saturated heterocycles. The highest BCUT2D eigenvalue weighted by Crippen LogP contribution is 2.12. The van der Waals surface area contributed by atoms with Gasteiger partial charge in [-0.25, -0.2) is 10.2 Å². The summed E-state index contributed by atoms with van der Waals surface area (Å²) in [5.41, 5.74) is 2.92. The summed E-state index contributed by atoms with van der Waals surface area (Å²) in [5, 5.41) is 0. The number of rotatable bonds is 4. The Bertz CT molecular complexity index is 326. The van der Waals surface area contributed by atoms with Crippen LogP contribution in [0.4, 0.5) is 10.1 Å². The largest absolute Gasteiger partial charge is 0.374 e. The van der Waals surface area contributed by atoms with Crippen LogP contribution >= 0.6 is 0 Å². The van der Waals surface area contributed by atoms with Crippen LogP contribution in [0.15, 0.2) is 24.3 Å². The molecule has 3 N–H and O–H groups in total. The molecule has 82 valence electrons. The maximum absolute atomic E-state index is 12.6. The summed E-state index contributed by atoms with van der Waals surface area (Å²) in [6.45, 7) is 0.536. The number of carbonyl (C=O) groups is 1. The molecule has 0 aliphatic carbocycles. The summed E-state index contributed by atoms with van der Waals surface area (Å²) in [6, 6.07) is 6.09. The highest BCUT2D eigenvalue weighted by molar-refractivity contribution is 5.75. The van der Waals surface area contributed by atoms with Crippen LogP contribution in [0.2, 0.25) is 0 Å². The van der Waals surface area contributed by atoms with Gasteiger partial charge < -0.3 is 4.90 Å². The summed E-state index contributed by atoms with van der Waals surface area (Å²) in [7, 11) is 1.83. The average molecular weight is 211 g/mol. The minimum absolute atomic E-state index is 0.219. The van der Waals surface area contributed by atoms with E-state index in [9.17, 15) is 9.18 Å². The molecule has 0 bridgehead atoms. The molecule has 15 heavy (non-hydrogen) atoms. The van der Waals surface area contributed by atoms with Crippen molar-refractivity contribution in [3.05, 3.63) is 30.1 Å². The van der Waals surface area contributed by atoms with Gasteiger partial charge in [0.05, 0.1) is 0 Å². The fourth-order valence-electron chi connectivity index (χ4n) is 1.17. The Morgan fingerprint density at radius 2 is 2.07 bits per heavy atom. The average Bonchev–Trinajstić information content (AvgIpc) is 2.26. The van der Waals surface area contributed by atoms with E-state index in [0.717, 1.165) is 5.69 Å². The first kappa shape index (κ1) is 11.5. The van der Waals surface area contributed by atoms with E-state index in [0.29, 0.717) is 13.0 Å². The standard InChI is InChI=1S/C10H14FN3O/c1-14(7-6-10(15)13-12)9-4-2-8(11)3-5-9/h2-5H,6-7,12H2,1H3,(H,13,15). The first-order chi connectivity index (χ1) is 7.13. The number of carbonyl (C=O) groups excluding carboxylic acids is 1. The van der Waals surface area contributed by atoms with Gasteiger partial charge in [0, 0.05) is 25.7 Å². The molecule has 0 spiro atoms. The van der Waals surface area contributed by atoms with Crippen molar-refractivity contribution in [2.45, 2.75) is 6.42 Å². The van der Waals surface area contributed by atoms with Crippen LogP contribution in [-0.2, 0) is 4.79 Å². The highest BCUT2D eigenvalue weighted by Gasteiger charge is 2.03. The van der Waals surface area contributed by atoms with Gasteiger partial charge in [-0.05, 0) is 24.3 Å². The van der Waals surface area contributed by atoms with E-state index in [4.69, 9.17) is 5.84 Å². The molecule has 0 fully saturated rings. The molecule has 4 nitrogen and oxygen atoms in total. The molecule has 0 heterocycles. The van der Waals surface area contributed by atoms with Crippen molar-refractivity contribution in [2.24, 2.45) is 5.84 Å². The Morgan fingerprint density at radius 1 is 1.47 bits per heavy atom. The maximum Gasteiger partial charge on any atom is 0.235 e. The molecule has 0 atom stereocenters. The van der Waals surface area contributed by atoms with Crippen molar-refractivity contribution >= 4 is 11.6 Å². The van der Waals surface area contributed by atoms with Crippen LogP contribution in [0, 0.1) is 5.82 Å².